The Labute approximate surface area is 256 Å². The highest BCUT2D eigenvalue weighted by Crippen LogP contribution is 2.12. The van der Waals surface area contributed by atoms with Crippen molar-refractivity contribution in [1.29, 1.82) is 0 Å². The Hall–Kier alpha value is -0.240. The van der Waals surface area contributed by atoms with Crippen molar-refractivity contribution in [2.45, 2.75) is 149 Å². The lowest BCUT2D eigenvalue weighted by Gasteiger charge is -2.08. The van der Waals surface area contributed by atoms with E-state index in [4.69, 9.17) is 28.4 Å². The van der Waals surface area contributed by atoms with Crippen molar-refractivity contribution in [1.82, 2.24) is 0 Å². The molecule has 6 heteroatoms. The highest BCUT2D eigenvalue weighted by molar-refractivity contribution is 4.49. The van der Waals surface area contributed by atoms with Crippen molar-refractivity contribution < 1.29 is 28.4 Å². The highest BCUT2D eigenvalue weighted by atomic mass is 16.6. The third kappa shape index (κ3) is 39.8. The van der Waals surface area contributed by atoms with Crippen LogP contribution in [-0.2, 0) is 28.4 Å². The first kappa shape index (κ1) is 40.8. The monoisotopic (exact) mass is 589 g/mol. The summed E-state index contributed by atoms with van der Waals surface area (Å²) in [6.07, 6.45) is 28.6. The van der Waals surface area contributed by atoms with Gasteiger partial charge in [-0.3, -0.25) is 0 Å². The predicted octanol–water partition coefficient (Wildman–Crippen LogP) is 9.32. The van der Waals surface area contributed by atoms with Crippen LogP contribution < -0.4 is 0 Å². The zero-order valence-corrected chi connectivity index (χ0v) is 27.8. The second-order valence-corrected chi connectivity index (χ2v) is 11.4. The summed E-state index contributed by atoms with van der Waals surface area (Å²) in [5.74, 6) is 0. The zero-order valence-electron chi connectivity index (χ0n) is 27.8. The molecule has 0 aliphatic carbocycles. The van der Waals surface area contributed by atoms with Gasteiger partial charge < -0.3 is 28.4 Å². The molecular weight excluding hydrogens is 516 g/mol. The molecule has 0 fully saturated rings. The Balaban J connectivity index is 3.02. The van der Waals surface area contributed by atoms with E-state index in [0.717, 1.165) is 19.6 Å². The molecule has 0 N–H and O–H groups in total. The summed E-state index contributed by atoms with van der Waals surface area (Å²) in [5, 5.41) is 0. The molecule has 0 bridgehead atoms. The van der Waals surface area contributed by atoms with Crippen molar-refractivity contribution in [3.63, 3.8) is 0 Å². The number of ether oxygens (including phenoxy) is 6. The maximum Gasteiger partial charge on any atom is 0.0701 e. The fourth-order valence-electron chi connectivity index (χ4n) is 4.76. The first-order valence-electron chi connectivity index (χ1n) is 17.9. The molecule has 0 aromatic carbocycles. The molecule has 41 heavy (non-hydrogen) atoms. The van der Waals surface area contributed by atoms with Gasteiger partial charge in [0.2, 0.25) is 0 Å². The Morgan fingerprint density at radius 3 is 0.585 bits per heavy atom. The number of rotatable bonds is 38. The summed E-state index contributed by atoms with van der Waals surface area (Å²) >= 11 is 0. The maximum absolute atomic E-state index is 5.67. The van der Waals surface area contributed by atoms with Gasteiger partial charge in [-0.1, -0.05) is 136 Å². The molecule has 0 unspecified atom stereocenters. The summed E-state index contributed by atoms with van der Waals surface area (Å²) < 4.78 is 33.5. The van der Waals surface area contributed by atoms with Crippen molar-refractivity contribution in [2.24, 2.45) is 0 Å². The van der Waals surface area contributed by atoms with Crippen LogP contribution in [-0.4, -0.2) is 79.3 Å². The van der Waals surface area contributed by atoms with E-state index >= 15 is 0 Å². The van der Waals surface area contributed by atoms with Crippen LogP contribution in [0, 0.1) is 0 Å². The van der Waals surface area contributed by atoms with E-state index in [1.807, 2.05) is 0 Å². The van der Waals surface area contributed by atoms with Gasteiger partial charge >= 0.3 is 0 Å². The fourth-order valence-corrected chi connectivity index (χ4v) is 4.76. The van der Waals surface area contributed by atoms with Crippen molar-refractivity contribution in [2.75, 3.05) is 79.3 Å². The molecule has 0 atom stereocenters. The van der Waals surface area contributed by atoms with Crippen LogP contribution in [0.5, 0.6) is 0 Å². The molecule has 248 valence electrons. The van der Waals surface area contributed by atoms with E-state index in [9.17, 15) is 0 Å². The Bertz CT molecular complexity index is 399. The quantitative estimate of drug-likeness (QED) is 0.0670. The standard InChI is InChI=1S/C35H72O6/c1-3-5-7-9-11-13-14-15-16-17-19-21-23-25-37-27-29-39-31-33-41-35-34-40-32-30-38-28-26-36-24-22-20-18-12-10-8-6-4-2/h3-35H2,1-2H3. The second-order valence-electron chi connectivity index (χ2n) is 11.4. The Kier molecular flexibility index (Phi) is 39.5. The van der Waals surface area contributed by atoms with Gasteiger partial charge in [0, 0.05) is 13.2 Å². The first-order chi connectivity index (χ1) is 20.4. The van der Waals surface area contributed by atoms with Gasteiger partial charge in [-0.05, 0) is 12.8 Å². The van der Waals surface area contributed by atoms with E-state index in [1.54, 1.807) is 0 Å². The van der Waals surface area contributed by atoms with Crippen LogP contribution >= 0.6 is 0 Å². The summed E-state index contributed by atoms with van der Waals surface area (Å²) in [6.45, 7) is 12.4. The number of unbranched alkanes of at least 4 members (excludes halogenated alkanes) is 19. The summed E-state index contributed by atoms with van der Waals surface area (Å²) in [6, 6.07) is 0. The molecule has 6 nitrogen and oxygen atoms in total. The molecule has 0 amide bonds. The van der Waals surface area contributed by atoms with E-state index in [0.29, 0.717) is 66.1 Å². The minimum atomic E-state index is 0.584. The molecule has 0 aliphatic heterocycles. The van der Waals surface area contributed by atoms with Gasteiger partial charge in [-0.25, -0.2) is 0 Å². The summed E-state index contributed by atoms with van der Waals surface area (Å²) in [4.78, 5) is 0. The molecule has 0 saturated heterocycles. The lowest BCUT2D eigenvalue weighted by Crippen LogP contribution is -2.14. The highest BCUT2D eigenvalue weighted by Gasteiger charge is 1.97. The normalized spacial score (nSPS) is 11.6. The molecule has 0 saturated carbocycles. The molecule has 0 rings (SSSR count). The van der Waals surface area contributed by atoms with Crippen molar-refractivity contribution >= 4 is 0 Å². The van der Waals surface area contributed by atoms with Gasteiger partial charge in [-0.2, -0.15) is 0 Å². The largest absolute Gasteiger partial charge is 0.379 e. The van der Waals surface area contributed by atoms with Crippen LogP contribution in [0.15, 0.2) is 0 Å². The van der Waals surface area contributed by atoms with Crippen molar-refractivity contribution in [3.8, 4) is 0 Å². The fraction of sp³-hybridized carbons (Fsp3) is 1.00. The average molecular weight is 589 g/mol. The molecule has 0 aromatic rings. The number of hydrogen-bond donors (Lipinski definition) is 0. The van der Waals surface area contributed by atoms with Crippen LogP contribution in [0.2, 0.25) is 0 Å². The minimum Gasteiger partial charge on any atom is -0.379 e. The third-order valence-corrected chi connectivity index (χ3v) is 7.39. The van der Waals surface area contributed by atoms with Gasteiger partial charge in [0.15, 0.2) is 0 Å². The molecule has 0 heterocycles. The van der Waals surface area contributed by atoms with Gasteiger partial charge in [0.25, 0.3) is 0 Å². The van der Waals surface area contributed by atoms with Crippen molar-refractivity contribution in [3.05, 3.63) is 0 Å². The summed E-state index contributed by atoms with van der Waals surface area (Å²) in [5.41, 5.74) is 0. The SMILES string of the molecule is CCCCCCCCCCCCCCCOCCOCCOCCOCCOCCOCCCCCCCCCC. The topological polar surface area (TPSA) is 55.4 Å². The third-order valence-electron chi connectivity index (χ3n) is 7.39. The Morgan fingerprint density at radius 1 is 0.195 bits per heavy atom. The van der Waals surface area contributed by atoms with E-state index < -0.39 is 0 Å². The molecule has 0 radical (unpaired) electrons. The van der Waals surface area contributed by atoms with Crippen LogP contribution in [0.25, 0.3) is 0 Å². The molecule has 0 spiro atoms. The average Bonchev–Trinajstić information content (AvgIpc) is 2.98. The van der Waals surface area contributed by atoms with Gasteiger partial charge in [0.05, 0.1) is 66.1 Å². The van der Waals surface area contributed by atoms with E-state index in [2.05, 4.69) is 13.8 Å². The Morgan fingerprint density at radius 2 is 0.366 bits per heavy atom. The maximum atomic E-state index is 5.67. The smallest absolute Gasteiger partial charge is 0.0701 e. The minimum absolute atomic E-state index is 0.584. The van der Waals surface area contributed by atoms with E-state index in [1.165, 1.54) is 128 Å². The lowest BCUT2D eigenvalue weighted by atomic mass is 10.0. The van der Waals surface area contributed by atoms with E-state index in [-0.39, 0.29) is 0 Å². The van der Waals surface area contributed by atoms with Gasteiger partial charge in [0.1, 0.15) is 0 Å². The molecule has 0 aromatic heterocycles. The van der Waals surface area contributed by atoms with Crippen LogP contribution in [0.4, 0.5) is 0 Å². The van der Waals surface area contributed by atoms with Gasteiger partial charge in [-0.15, -0.1) is 0 Å². The summed E-state index contributed by atoms with van der Waals surface area (Å²) in [7, 11) is 0. The lowest BCUT2D eigenvalue weighted by molar-refractivity contribution is -0.0169. The molecule has 0 aliphatic rings. The predicted molar refractivity (Wildman–Crippen MR) is 173 cm³/mol. The number of hydrogen-bond acceptors (Lipinski definition) is 6. The second kappa shape index (κ2) is 39.8. The molecular formula is C35H72O6. The van der Waals surface area contributed by atoms with Crippen LogP contribution in [0.3, 0.4) is 0 Å². The first-order valence-corrected chi connectivity index (χ1v) is 17.9. The van der Waals surface area contributed by atoms with Crippen LogP contribution in [0.1, 0.15) is 149 Å². The zero-order chi connectivity index (χ0) is 29.6.